The summed E-state index contributed by atoms with van der Waals surface area (Å²) in [6.07, 6.45) is 4.75. The number of aromatic amines is 1. The molecule has 2 aromatic heterocycles. The summed E-state index contributed by atoms with van der Waals surface area (Å²) >= 11 is 0. The number of H-pyrrole nitrogens is 1. The van der Waals surface area contributed by atoms with Gasteiger partial charge in [0.1, 0.15) is 11.8 Å². The molecular weight excluding hydrogens is 139 g/mol. The van der Waals surface area contributed by atoms with Crippen molar-refractivity contribution in [1.82, 2.24) is 19.9 Å². The summed E-state index contributed by atoms with van der Waals surface area (Å²) in [4.78, 5) is 14.5. The molecule has 1 N–H and O–H groups in total. The number of nitrogens with zero attached hydrogens (tertiary/aromatic N) is 3. The monoisotopic (exact) mass is 144 g/mol. The van der Waals surface area contributed by atoms with Gasteiger partial charge in [0.25, 0.3) is 0 Å². The van der Waals surface area contributed by atoms with Crippen molar-refractivity contribution in [1.29, 1.82) is 0 Å². The summed E-state index contributed by atoms with van der Waals surface area (Å²) in [6.45, 7) is 0. The Morgan fingerprint density at radius 2 is 2.20 bits per heavy atom. The average Bonchev–Trinajstić information content (AvgIpc) is 2.33. The van der Waals surface area contributed by atoms with E-state index >= 15 is 0 Å². The van der Waals surface area contributed by atoms with Gasteiger partial charge in [-0.05, 0) is 0 Å². The number of aromatic nitrogens is 4. The predicted octanol–water partition coefficient (Wildman–Crippen LogP) is -0.296. The fourth-order valence-corrected chi connectivity index (χ4v) is 0.691. The zero-order valence-electron chi connectivity index (χ0n) is 4.57. The number of hydrogen-bond acceptors (Lipinski definition) is 3. The molecule has 0 fully saturated rings. The van der Waals surface area contributed by atoms with E-state index in [1.807, 2.05) is 0 Å². The van der Waals surface area contributed by atoms with Crippen LogP contribution in [0.3, 0.4) is 0 Å². The van der Waals surface area contributed by atoms with Gasteiger partial charge >= 0.3 is 29.6 Å². The molecule has 46 valence electrons. The molecule has 0 bridgehead atoms. The van der Waals surface area contributed by atoms with E-state index in [-0.39, 0.29) is 29.6 Å². The third-order valence-electron chi connectivity index (χ3n) is 1.10. The minimum atomic E-state index is 0. The first-order valence-corrected chi connectivity index (χ1v) is 2.56. The van der Waals surface area contributed by atoms with Gasteiger partial charge in [-0.1, -0.05) is 0 Å². The van der Waals surface area contributed by atoms with E-state index in [0.29, 0.717) is 0 Å². The second-order valence-electron chi connectivity index (χ2n) is 1.66. The third-order valence-corrected chi connectivity index (χ3v) is 1.10. The Balaban J connectivity index is 0.000000500. The van der Waals surface area contributed by atoms with Crippen LogP contribution >= 0.6 is 0 Å². The second-order valence-corrected chi connectivity index (χ2v) is 1.66. The van der Waals surface area contributed by atoms with Crippen molar-refractivity contribution in [2.24, 2.45) is 0 Å². The van der Waals surface area contributed by atoms with Crippen molar-refractivity contribution in [2.45, 2.75) is 0 Å². The van der Waals surface area contributed by atoms with Gasteiger partial charge in [0.2, 0.25) is 0 Å². The van der Waals surface area contributed by atoms with E-state index in [9.17, 15) is 0 Å². The first kappa shape index (κ1) is 7.65. The van der Waals surface area contributed by atoms with Crippen molar-refractivity contribution in [3.8, 4) is 0 Å². The molecule has 0 aliphatic heterocycles. The topological polar surface area (TPSA) is 54.5 Å². The molecule has 4 nitrogen and oxygen atoms in total. The van der Waals surface area contributed by atoms with Crippen LogP contribution in [-0.2, 0) is 0 Å². The van der Waals surface area contributed by atoms with Crippen molar-refractivity contribution >= 4 is 40.7 Å². The first-order valence-electron chi connectivity index (χ1n) is 2.56. The zero-order valence-corrected chi connectivity index (χ0v) is 4.57. The van der Waals surface area contributed by atoms with Crippen LogP contribution in [0.5, 0.6) is 0 Å². The first-order chi connectivity index (χ1) is 4.47. The van der Waals surface area contributed by atoms with Gasteiger partial charge in [-0.15, -0.1) is 0 Å². The molecule has 0 unspecified atom stereocenters. The molecule has 0 aliphatic rings. The fraction of sp³-hybridized carbons (Fsp3) is 0. The molecule has 0 saturated heterocycles. The average molecular weight is 144 g/mol. The van der Waals surface area contributed by atoms with Crippen molar-refractivity contribution in [2.75, 3.05) is 0 Å². The Morgan fingerprint density at radius 1 is 1.30 bits per heavy atom. The summed E-state index contributed by atoms with van der Waals surface area (Å²) in [5, 5.41) is 0. The van der Waals surface area contributed by atoms with Crippen molar-refractivity contribution < 1.29 is 0 Å². The molecule has 2 rings (SSSR count). The summed E-state index contributed by atoms with van der Waals surface area (Å²) in [6, 6.07) is 0. The maximum Gasteiger partial charge on any atom is 0.160 e. The van der Waals surface area contributed by atoms with E-state index in [1.54, 1.807) is 12.5 Å². The van der Waals surface area contributed by atoms with E-state index < -0.39 is 0 Å². The van der Waals surface area contributed by atoms with Crippen LogP contribution in [0.15, 0.2) is 18.9 Å². The number of fused-ring (bicyclic) bond motifs is 1. The van der Waals surface area contributed by atoms with E-state index in [0.717, 1.165) is 11.2 Å². The Labute approximate surface area is 79.4 Å². The number of hydrogen-bond donors (Lipinski definition) is 1. The molecule has 0 amide bonds. The molecule has 2 aromatic rings. The van der Waals surface area contributed by atoms with Crippen molar-refractivity contribution in [3.63, 3.8) is 0 Å². The maximum absolute atomic E-state index is 3.94. The summed E-state index contributed by atoms with van der Waals surface area (Å²) in [5.41, 5.74) is 1.59. The van der Waals surface area contributed by atoms with Gasteiger partial charge < -0.3 is 4.98 Å². The molecular formula is C5H5N4Na. The van der Waals surface area contributed by atoms with Gasteiger partial charge in [0, 0.05) is 0 Å². The Hall–Kier alpha value is -0.450. The molecule has 10 heavy (non-hydrogen) atoms. The van der Waals surface area contributed by atoms with E-state index in [4.69, 9.17) is 0 Å². The Kier molecular flexibility index (Phi) is 2.37. The minimum absolute atomic E-state index is 0. The largest absolute Gasteiger partial charge is 0.329 e. The summed E-state index contributed by atoms with van der Waals surface area (Å²) < 4.78 is 0. The number of nitrogens with one attached hydrogen (secondary N) is 1. The van der Waals surface area contributed by atoms with Crippen LogP contribution in [0.1, 0.15) is 0 Å². The van der Waals surface area contributed by atoms with Gasteiger partial charge in [0.15, 0.2) is 5.65 Å². The van der Waals surface area contributed by atoms with E-state index in [2.05, 4.69) is 19.9 Å². The quantitative estimate of drug-likeness (QED) is 0.516. The van der Waals surface area contributed by atoms with Gasteiger partial charge in [0.05, 0.1) is 12.5 Å². The molecule has 0 atom stereocenters. The van der Waals surface area contributed by atoms with Crippen LogP contribution < -0.4 is 0 Å². The minimum Gasteiger partial charge on any atom is -0.329 e. The third kappa shape index (κ3) is 1.18. The molecule has 0 radical (unpaired) electrons. The van der Waals surface area contributed by atoms with Crippen LogP contribution in [0.2, 0.25) is 0 Å². The van der Waals surface area contributed by atoms with Crippen molar-refractivity contribution in [3.05, 3.63) is 18.9 Å². The normalized spacial score (nSPS) is 9.20. The van der Waals surface area contributed by atoms with Crippen LogP contribution in [0.25, 0.3) is 11.2 Å². The van der Waals surface area contributed by atoms with Crippen LogP contribution in [-0.4, -0.2) is 49.5 Å². The molecule has 0 aromatic carbocycles. The molecule has 5 heteroatoms. The van der Waals surface area contributed by atoms with Gasteiger partial charge in [-0.2, -0.15) is 0 Å². The smallest absolute Gasteiger partial charge is 0.160 e. The number of rotatable bonds is 0. The fourth-order valence-electron chi connectivity index (χ4n) is 0.691. The second kappa shape index (κ2) is 3.09. The molecule has 0 spiro atoms. The predicted molar refractivity (Wildman–Crippen MR) is 38.8 cm³/mol. The Morgan fingerprint density at radius 3 is 3.00 bits per heavy atom. The van der Waals surface area contributed by atoms with Crippen LogP contribution in [0, 0.1) is 0 Å². The number of imidazole rings is 1. The molecule has 2 heterocycles. The summed E-state index contributed by atoms with van der Waals surface area (Å²) in [7, 11) is 0. The zero-order chi connectivity index (χ0) is 6.10. The van der Waals surface area contributed by atoms with E-state index in [1.165, 1.54) is 6.33 Å². The standard InChI is InChI=1S/C5H4N4.Na.H/c1-4-5(8-2-6-1)9-3-7-4;;/h1-3H,(H,6,7,8,9);;. The van der Waals surface area contributed by atoms with Gasteiger partial charge in [-0.3, -0.25) is 0 Å². The van der Waals surface area contributed by atoms with Crippen LogP contribution in [0.4, 0.5) is 0 Å². The molecule has 0 aliphatic carbocycles. The SMILES string of the molecule is [NaH].c1ncc2nc[nH]c2n1. The molecule has 0 saturated carbocycles. The Bertz CT molecular complexity index is 288. The summed E-state index contributed by atoms with van der Waals surface area (Å²) in [5.74, 6) is 0. The maximum atomic E-state index is 3.94. The van der Waals surface area contributed by atoms with Gasteiger partial charge in [-0.25, -0.2) is 15.0 Å².